The molecule has 0 aliphatic heterocycles. The molecule has 0 fully saturated rings. The third-order valence-electron chi connectivity index (χ3n) is 5.09. The molecule has 0 saturated heterocycles. The lowest BCUT2D eigenvalue weighted by molar-refractivity contribution is -0.191. The Labute approximate surface area is 193 Å². The molecule has 2 aromatic carbocycles. The Hall–Kier alpha value is -2.58. The number of alkyl halides is 3. The van der Waals surface area contributed by atoms with E-state index in [-0.39, 0.29) is 18.7 Å². The Bertz CT molecular complexity index is 840. The summed E-state index contributed by atoms with van der Waals surface area (Å²) >= 11 is 0. The Morgan fingerprint density at radius 2 is 1.61 bits per heavy atom. The largest absolute Gasteiger partial charge is 0.494 e. The van der Waals surface area contributed by atoms with E-state index < -0.39 is 24.3 Å². The van der Waals surface area contributed by atoms with Crippen molar-refractivity contribution >= 4 is 5.97 Å². The topological polar surface area (TPSA) is 59.0 Å². The molecule has 0 aliphatic rings. The minimum atomic E-state index is -4.51. The van der Waals surface area contributed by atoms with E-state index in [4.69, 9.17) is 14.7 Å². The number of hydrogen-bond acceptors (Lipinski definition) is 4. The average Bonchev–Trinajstić information content (AvgIpc) is 2.77. The van der Waals surface area contributed by atoms with Crippen molar-refractivity contribution in [1.82, 2.24) is 5.06 Å². The molecule has 182 valence electrons. The quantitative estimate of drug-likeness (QED) is 0.241. The highest BCUT2D eigenvalue weighted by molar-refractivity contribution is 5.67. The zero-order valence-corrected chi connectivity index (χ0v) is 18.9. The van der Waals surface area contributed by atoms with Crippen LogP contribution in [0.3, 0.4) is 0 Å². The molecule has 0 spiro atoms. The first-order valence-electron chi connectivity index (χ1n) is 11.3. The first-order chi connectivity index (χ1) is 15.8. The highest BCUT2D eigenvalue weighted by Crippen LogP contribution is 2.32. The van der Waals surface area contributed by atoms with Gasteiger partial charge in [0.1, 0.15) is 5.75 Å². The second-order valence-corrected chi connectivity index (χ2v) is 7.88. The van der Waals surface area contributed by atoms with E-state index in [9.17, 15) is 18.0 Å². The number of nitrogens with zero attached hydrogens (tertiary/aromatic N) is 1. The Kier molecular flexibility index (Phi) is 11.2. The molecule has 2 rings (SSSR count). The van der Waals surface area contributed by atoms with Crippen LogP contribution in [0.25, 0.3) is 0 Å². The van der Waals surface area contributed by atoms with Crippen molar-refractivity contribution in [3.8, 4) is 5.75 Å². The number of carboxylic acids is 1. The number of ether oxygens (including phenoxy) is 1. The van der Waals surface area contributed by atoms with E-state index in [1.807, 2.05) is 0 Å². The lowest BCUT2D eigenvalue weighted by Gasteiger charge is -2.23. The first kappa shape index (κ1) is 26.7. The van der Waals surface area contributed by atoms with Gasteiger partial charge in [-0.25, -0.2) is 4.79 Å². The fraction of sp³-hybridized carbons (Fsp3) is 0.480. The molecule has 0 heterocycles. The monoisotopic (exact) mass is 467 g/mol. The second-order valence-electron chi connectivity index (χ2n) is 7.88. The summed E-state index contributed by atoms with van der Waals surface area (Å²) in [5, 5.41) is 10.2. The van der Waals surface area contributed by atoms with Crippen LogP contribution >= 0.6 is 0 Å². The highest BCUT2D eigenvalue weighted by atomic mass is 19.4. The smallest absolute Gasteiger partial charge is 0.416 e. The molecule has 0 aromatic heterocycles. The molecule has 0 unspecified atom stereocenters. The van der Waals surface area contributed by atoms with Gasteiger partial charge in [0.05, 0.1) is 18.7 Å². The van der Waals surface area contributed by atoms with Gasteiger partial charge in [0, 0.05) is 6.54 Å². The predicted octanol–water partition coefficient (Wildman–Crippen LogP) is 6.46. The van der Waals surface area contributed by atoms with Crippen LogP contribution in [-0.4, -0.2) is 29.4 Å². The summed E-state index contributed by atoms with van der Waals surface area (Å²) in [6.07, 6.45) is 2.55. The number of carbonyl (C=O) groups is 1. The van der Waals surface area contributed by atoms with Crippen molar-refractivity contribution < 1.29 is 32.6 Å². The van der Waals surface area contributed by atoms with E-state index >= 15 is 0 Å². The summed E-state index contributed by atoms with van der Waals surface area (Å²) < 4.78 is 45.7. The summed E-state index contributed by atoms with van der Waals surface area (Å²) in [7, 11) is 0. The van der Waals surface area contributed by atoms with Crippen molar-refractivity contribution in [3.05, 3.63) is 65.2 Å². The number of hydrogen-bond donors (Lipinski definition) is 1. The molecule has 0 saturated carbocycles. The molecule has 33 heavy (non-hydrogen) atoms. The van der Waals surface area contributed by atoms with E-state index in [1.165, 1.54) is 48.9 Å². The van der Waals surface area contributed by atoms with Crippen LogP contribution < -0.4 is 4.74 Å². The molecule has 0 radical (unpaired) electrons. The summed E-state index contributed by atoms with van der Waals surface area (Å²) in [6.45, 7) is 2.09. The van der Waals surface area contributed by atoms with Crippen molar-refractivity contribution in [2.24, 2.45) is 0 Å². The van der Waals surface area contributed by atoms with Gasteiger partial charge >= 0.3 is 12.1 Å². The molecule has 2 aromatic rings. The maximum absolute atomic E-state index is 13.3. The number of aliphatic carboxylic acids is 1. The number of unbranched alkanes of at least 4 members (excludes halogenated alkanes) is 5. The zero-order chi connectivity index (χ0) is 24.1. The van der Waals surface area contributed by atoms with Crippen LogP contribution in [0, 0.1) is 0 Å². The maximum atomic E-state index is 13.3. The van der Waals surface area contributed by atoms with Gasteiger partial charge in [-0.3, -0.25) is 4.84 Å². The van der Waals surface area contributed by atoms with Gasteiger partial charge in [-0.15, -0.1) is 0 Å². The third kappa shape index (κ3) is 10.3. The fourth-order valence-corrected chi connectivity index (χ4v) is 3.39. The highest BCUT2D eigenvalue weighted by Gasteiger charge is 2.33. The Morgan fingerprint density at radius 1 is 0.939 bits per heavy atom. The molecule has 0 atom stereocenters. The number of hydroxylamine groups is 2. The molecule has 1 N–H and O–H groups in total. The van der Waals surface area contributed by atoms with Gasteiger partial charge in [-0.05, 0) is 35.7 Å². The van der Waals surface area contributed by atoms with E-state index in [0.717, 1.165) is 24.5 Å². The Morgan fingerprint density at radius 3 is 2.27 bits per heavy atom. The van der Waals surface area contributed by atoms with Gasteiger partial charge in [0.2, 0.25) is 0 Å². The van der Waals surface area contributed by atoms with Gasteiger partial charge in [0.25, 0.3) is 0 Å². The van der Waals surface area contributed by atoms with Crippen LogP contribution in [0.2, 0.25) is 0 Å². The molecule has 8 heteroatoms. The molecule has 0 bridgehead atoms. The number of rotatable bonds is 15. The van der Waals surface area contributed by atoms with Crippen LogP contribution in [0.5, 0.6) is 5.75 Å². The molecular weight excluding hydrogens is 435 g/mol. The molecule has 5 nitrogen and oxygen atoms in total. The lowest BCUT2D eigenvalue weighted by atomic mass is 10.1. The number of benzene rings is 2. The van der Waals surface area contributed by atoms with E-state index in [1.54, 1.807) is 24.3 Å². The standard InChI is InChI=1S/C25H32F3NO4/c1-2-3-4-5-6-9-16-32-22-14-12-20(13-15-22)17-29(33-19-24(30)31)18-21-10-7-8-11-23(21)25(26,27)28/h7-8,10-15H,2-6,9,16-19H2,1H3,(H,30,31). The molecule has 0 aliphatic carbocycles. The molecule has 0 amide bonds. The maximum Gasteiger partial charge on any atom is 0.416 e. The van der Waals surface area contributed by atoms with Crippen molar-refractivity contribution in [3.63, 3.8) is 0 Å². The SMILES string of the molecule is CCCCCCCCOc1ccc(CN(Cc2ccccc2C(F)(F)F)OCC(=O)O)cc1. The fourth-order valence-electron chi connectivity index (χ4n) is 3.39. The summed E-state index contributed by atoms with van der Waals surface area (Å²) in [5.41, 5.74) is -0.00144. The average molecular weight is 468 g/mol. The third-order valence-corrected chi connectivity index (χ3v) is 5.09. The van der Waals surface area contributed by atoms with E-state index in [2.05, 4.69) is 6.92 Å². The van der Waals surface area contributed by atoms with Crippen molar-refractivity contribution in [2.75, 3.05) is 13.2 Å². The minimum Gasteiger partial charge on any atom is -0.494 e. The number of carboxylic acid groups (broad SMARTS) is 1. The first-order valence-corrected chi connectivity index (χ1v) is 11.3. The van der Waals surface area contributed by atoms with Crippen molar-refractivity contribution in [1.29, 1.82) is 0 Å². The van der Waals surface area contributed by atoms with Gasteiger partial charge in [0.15, 0.2) is 6.61 Å². The normalized spacial score (nSPS) is 11.7. The van der Waals surface area contributed by atoms with Crippen molar-refractivity contribution in [2.45, 2.75) is 64.7 Å². The van der Waals surface area contributed by atoms with Gasteiger partial charge in [-0.2, -0.15) is 18.2 Å². The van der Waals surface area contributed by atoms with Crippen LogP contribution in [0.4, 0.5) is 13.2 Å². The minimum absolute atomic E-state index is 0.00859. The zero-order valence-electron chi connectivity index (χ0n) is 18.9. The van der Waals surface area contributed by atoms with E-state index in [0.29, 0.717) is 12.4 Å². The number of halogens is 3. The lowest BCUT2D eigenvalue weighted by Crippen LogP contribution is -2.27. The van der Waals surface area contributed by atoms with Gasteiger partial charge in [-0.1, -0.05) is 69.4 Å². The predicted molar refractivity (Wildman–Crippen MR) is 120 cm³/mol. The van der Waals surface area contributed by atoms with Gasteiger partial charge < -0.3 is 9.84 Å². The van der Waals surface area contributed by atoms with Crippen LogP contribution in [0.15, 0.2) is 48.5 Å². The summed E-state index contributed by atoms with van der Waals surface area (Å²) in [5.74, 6) is -0.490. The van der Waals surface area contributed by atoms with Crippen LogP contribution in [-0.2, 0) is 28.9 Å². The summed E-state index contributed by atoms with van der Waals surface area (Å²) in [6, 6.07) is 12.4. The molecular formula is C25H32F3NO4. The van der Waals surface area contributed by atoms with Crippen LogP contribution in [0.1, 0.15) is 62.1 Å². The summed E-state index contributed by atoms with van der Waals surface area (Å²) in [4.78, 5) is 16.2. The Balaban J connectivity index is 1.95. The second kappa shape index (κ2) is 13.9.